The lowest BCUT2D eigenvalue weighted by Crippen LogP contribution is -2.39. The van der Waals surface area contributed by atoms with Gasteiger partial charge in [-0.3, -0.25) is 4.79 Å². The third kappa shape index (κ3) is 7.39. The van der Waals surface area contributed by atoms with Crippen molar-refractivity contribution >= 4 is 11.9 Å². The van der Waals surface area contributed by atoms with E-state index >= 15 is 0 Å². The molecule has 1 aliphatic rings. The molecule has 0 amide bonds. The van der Waals surface area contributed by atoms with Crippen LogP contribution in [-0.2, 0) is 14.3 Å². The van der Waals surface area contributed by atoms with E-state index in [4.69, 9.17) is 4.74 Å². The Bertz CT molecular complexity index is 538. The van der Waals surface area contributed by atoms with Crippen LogP contribution in [0.3, 0.4) is 0 Å². The molecule has 1 atom stereocenters. The molecule has 1 N–H and O–H groups in total. The quantitative estimate of drug-likeness (QED) is 0.428. The van der Waals surface area contributed by atoms with Crippen molar-refractivity contribution in [3.63, 3.8) is 0 Å². The molecule has 9 heteroatoms. The summed E-state index contributed by atoms with van der Waals surface area (Å²) in [6.45, 7) is 4.54. The van der Waals surface area contributed by atoms with Crippen LogP contribution >= 0.6 is 0 Å². The maximum atomic E-state index is 13.0. The smallest absolute Gasteiger partial charge is 0.392 e. The van der Waals surface area contributed by atoms with Crippen molar-refractivity contribution in [2.24, 2.45) is 11.8 Å². The number of esters is 1. The number of ether oxygens (including phenoxy) is 1. The van der Waals surface area contributed by atoms with E-state index in [0.29, 0.717) is 6.08 Å². The minimum atomic E-state index is -4.65. The number of carboxylic acid groups (broad SMARTS) is 1. The fourth-order valence-corrected chi connectivity index (χ4v) is 2.61. The number of rotatable bonds is 6. The second-order valence-electron chi connectivity index (χ2n) is 7.24. The van der Waals surface area contributed by atoms with Crippen LogP contribution in [0.4, 0.5) is 22.0 Å². The average Bonchev–Trinajstić information content (AvgIpc) is 2.31. The topological polar surface area (TPSA) is 63.6 Å². The molecule has 0 bridgehead atoms. The summed E-state index contributed by atoms with van der Waals surface area (Å²) in [5, 5.41) is 9.20. The van der Waals surface area contributed by atoms with Gasteiger partial charge < -0.3 is 9.84 Å². The van der Waals surface area contributed by atoms with Crippen LogP contribution in [0, 0.1) is 11.8 Å². The SMILES string of the molecule is CC(C)(C)OC(=O)[C@H](CC1CC(F)(F)C1)/C(=C\CC(F)(F)F)C(=O)O. The minimum absolute atomic E-state index is 0.291. The molecule has 1 fully saturated rings. The molecule has 0 spiro atoms. The fourth-order valence-electron chi connectivity index (χ4n) is 2.61. The number of hydrogen-bond acceptors (Lipinski definition) is 3. The molecule has 144 valence electrons. The lowest BCUT2D eigenvalue weighted by atomic mass is 9.74. The van der Waals surface area contributed by atoms with Gasteiger partial charge >= 0.3 is 18.1 Å². The Labute approximate surface area is 142 Å². The number of carboxylic acids is 1. The van der Waals surface area contributed by atoms with Gasteiger partial charge in [-0.05, 0) is 33.1 Å². The van der Waals surface area contributed by atoms with E-state index in [0.717, 1.165) is 0 Å². The maximum Gasteiger partial charge on any atom is 0.392 e. The first kappa shape index (κ1) is 21.4. The standard InChI is InChI=1S/C16H21F5O4/c1-14(2,3)25-13(24)11(6-9-7-15(17,18)8-9)10(12(22)23)4-5-16(19,20)21/h4,9,11H,5-8H2,1-3H3,(H,22,23)/b10-4+/t11-/m1/s1. The summed E-state index contributed by atoms with van der Waals surface area (Å²) in [5.41, 5.74) is -1.77. The van der Waals surface area contributed by atoms with Crippen molar-refractivity contribution in [2.75, 3.05) is 0 Å². The van der Waals surface area contributed by atoms with Gasteiger partial charge in [-0.2, -0.15) is 13.2 Å². The Morgan fingerprint density at radius 2 is 1.76 bits per heavy atom. The third-order valence-electron chi connectivity index (χ3n) is 3.61. The second kappa shape index (κ2) is 7.29. The molecule has 1 saturated carbocycles. The zero-order valence-corrected chi connectivity index (χ0v) is 14.1. The number of aliphatic carboxylic acids is 1. The van der Waals surface area contributed by atoms with Gasteiger partial charge in [0.1, 0.15) is 5.60 Å². The van der Waals surface area contributed by atoms with Crippen LogP contribution in [-0.4, -0.2) is 34.7 Å². The zero-order chi connectivity index (χ0) is 19.6. The Balaban J connectivity index is 3.04. The first-order valence-corrected chi connectivity index (χ1v) is 7.70. The number of halogens is 5. The summed E-state index contributed by atoms with van der Waals surface area (Å²) >= 11 is 0. The molecule has 25 heavy (non-hydrogen) atoms. The van der Waals surface area contributed by atoms with E-state index in [-0.39, 0.29) is 6.42 Å². The molecular formula is C16H21F5O4. The van der Waals surface area contributed by atoms with E-state index < -0.39 is 66.3 Å². The molecule has 4 nitrogen and oxygen atoms in total. The van der Waals surface area contributed by atoms with Crippen molar-refractivity contribution < 1.29 is 41.4 Å². The lowest BCUT2D eigenvalue weighted by molar-refractivity contribution is -0.163. The monoisotopic (exact) mass is 372 g/mol. The summed E-state index contributed by atoms with van der Waals surface area (Å²) in [7, 11) is 0. The predicted molar refractivity (Wildman–Crippen MR) is 78.0 cm³/mol. The van der Waals surface area contributed by atoms with Gasteiger partial charge in [-0.15, -0.1) is 0 Å². The van der Waals surface area contributed by atoms with E-state index in [9.17, 15) is 36.6 Å². The van der Waals surface area contributed by atoms with E-state index in [1.54, 1.807) is 0 Å². The van der Waals surface area contributed by atoms with E-state index in [2.05, 4.69) is 0 Å². The Hall–Kier alpha value is -1.67. The second-order valence-corrected chi connectivity index (χ2v) is 7.24. The molecule has 0 radical (unpaired) electrons. The van der Waals surface area contributed by atoms with Gasteiger partial charge in [0.05, 0.1) is 12.3 Å². The van der Waals surface area contributed by atoms with Crippen LogP contribution < -0.4 is 0 Å². The highest BCUT2D eigenvalue weighted by Crippen LogP contribution is 2.46. The molecular weight excluding hydrogens is 351 g/mol. The molecule has 0 saturated heterocycles. The van der Waals surface area contributed by atoms with Gasteiger partial charge in [0.15, 0.2) is 0 Å². The van der Waals surface area contributed by atoms with Crippen molar-refractivity contribution in [1.82, 2.24) is 0 Å². The number of allylic oxidation sites excluding steroid dienone is 1. The Kier molecular flexibility index (Phi) is 6.23. The lowest BCUT2D eigenvalue weighted by Gasteiger charge is -2.37. The number of alkyl halides is 5. The first-order valence-electron chi connectivity index (χ1n) is 7.70. The van der Waals surface area contributed by atoms with Crippen molar-refractivity contribution in [1.29, 1.82) is 0 Å². The van der Waals surface area contributed by atoms with Crippen molar-refractivity contribution in [2.45, 2.75) is 64.2 Å². The van der Waals surface area contributed by atoms with Gasteiger partial charge in [0.2, 0.25) is 5.92 Å². The Morgan fingerprint density at radius 3 is 2.12 bits per heavy atom. The summed E-state index contributed by atoms with van der Waals surface area (Å²) < 4.78 is 68.2. The molecule has 1 aliphatic carbocycles. The van der Waals surface area contributed by atoms with Crippen LogP contribution in [0.15, 0.2) is 11.6 Å². The number of carbonyl (C=O) groups excluding carboxylic acids is 1. The van der Waals surface area contributed by atoms with Gasteiger partial charge in [0, 0.05) is 18.4 Å². The average molecular weight is 372 g/mol. The van der Waals surface area contributed by atoms with Crippen LogP contribution in [0.25, 0.3) is 0 Å². The predicted octanol–water partition coefficient (Wildman–Crippen LogP) is 4.34. The minimum Gasteiger partial charge on any atom is -0.478 e. The third-order valence-corrected chi connectivity index (χ3v) is 3.61. The maximum absolute atomic E-state index is 13.0. The Morgan fingerprint density at radius 1 is 1.24 bits per heavy atom. The van der Waals surface area contributed by atoms with Gasteiger partial charge in [-0.1, -0.05) is 6.08 Å². The zero-order valence-electron chi connectivity index (χ0n) is 14.1. The number of carbonyl (C=O) groups is 2. The first-order chi connectivity index (χ1) is 11.1. The summed E-state index contributed by atoms with van der Waals surface area (Å²) in [6.07, 6.45) is -7.12. The highest BCUT2D eigenvalue weighted by atomic mass is 19.4. The number of hydrogen-bond donors (Lipinski definition) is 1. The van der Waals surface area contributed by atoms with Crippen molar-refractivity contribution in [3.8, 4) is 0 Å². The highest BCUT2D eigenvalue weighted by molar-refractivity contribution is 5.94. The van der Waals surface area contributed by atoms with Crippen LogP contribution in [0.2, 0.25) is 0 Å². The van der Waals surface area contributed by atoms with Crippen LogP contribution in [0.1, 0.15) is 46.5 Å². The van der Waals surface area contributed by atoms with Crippen LogP contribution in [0.5, 0.6) is 0 Å². The normalized spacial score (nSPS) is 19.9. The molecule has 0 heterocycles. The largest absolute Gasteiger partial charge is 0.478 e. The molecule has 0 aromatic heterocycles. The van der Waals surface area contributed by atoms with E-state index in [1.165, 1.54) is 20.8 Å². The van der Waals surface area contributed by atoms with Crippen molar-refractivity contribution in [3.05, 3.63) is 11.6 Å². The van der Waals surface area contributed by atoms with Gasteiger partial charge in [-0.25, -0.2) is 13.6 Å². The summed E-state index contributed by atoms with van der Waals surface area (Å²) in [6, 6.07) is 0. The highest BCUT2D eigenvalue weighted by Gasteiger charge is 2.47. The molecule has 0 aromatic rings. The summed E-state index contributed by atoms with van der Waals surface area (Å²) in [5.74, 6) is -7.80. The molecule has 0 aromatic carbocycles. The summed E-state index contributed by atoms with van der Waals surface area (Å²) in [4.78, 5) is 23.6. The molecule has 0 aliphatic heterocycles. The van der Waals surface area contributed by atoms with Gasteiger partial charge in [0.25, 0.3) is 0 Å². The molecule has 1 rings (SSSR count). The van der Waals surface area contributed by atoms with E-state index in [1.807, 2.05) is 0 Å². The molecule has 0 unspecified atom stereocenters. The fraction of sp³-hybridized carbons (Fsp3) is 0.750.